The van der Waals surface area contributed by atoms with E-state index in [1.54, 1.807) is 0 Å². The number of ether oxygens (including phenoxy) is 1. The van der Waals surface area contributed by atoms with Gasteiger partial charge in [-0.15, -0.1) is 0 Å². The second-order valence-corrected chi connectivity index (χ2v) is 10.7. The van der Waals surface area contributed by atoms with Crippen LogP contribution in [0.25, 0.3) is 0 Å². The summed E-state index contributed by atoms with van der Waals surface area (Å²) < 4.78 is 11.6. The maximum absolute atomic E-state index is 10.4. The molecule has 150 valence electrons. The number of hydrogen-bond acceptors (Lipinski definition) is 4. The molecular weight excluding hydrogens is 344 g/mol. The number of thiol groups is 1. The van der Waals surface area contributed by atoms with Crippen molar-refractivity contribution in [3.05, 3.63) is 0 Å². The fraction of sp³-hybridized carbons (Fsp3) is 1.00. The standard InChI is InChI=1S/C22H38O3S/c1-13(23)17-7-8-18-16-6-5-14-11-15(25-26)9-10-21(14,2)20(16)19(24-4)12-22(17,18)3/h13-20,23,26H,5-12H2,1-4H3/t13?,14-,15+,16-,17+,18-,19-,20+,21-,22+/m0/s1. The van der Waals surface area contributed by atoms with Crippen molar-refractivity contribution in [3.8, 4) is 0 Å². The van der Waals surface area contributed by atoms with Crippen LogP contribution in [0.2, 0.25) is 0 Å². The average Bonchev–Trinajstić information content (AvgIpc) is 2.97. The minimum absolute atomic E-state index is 0.200. The molecule has 0 aromatic rings. The second kappa shape index (κ2) is 6.93. The summed E-state index contributed by atoms with van der Waals surface area (Å²) in [6, 6.07) is 0. The number of aliphatic hydroxyl groups is 1. The van der Waals surface area contributed by atoms with Crippen LogP contribution in [0.1, 0.15) is 72.1 Å². The van der Waals surface area contributed by atoms with Gasteiger partial charge >= 0.3 is 0 Å². The molecule has 0 spiro atoms. The van der Waals surface area contributed by atoms with E-state index < -0.39 is 0 Å². The quantitative estimate of drug-likeness (QED) is 0.540. The third-order valence-corrected chi connectivity index (χ3v) is 9.93. The first-order valence-corrected chi connectivity index (χ1v) is 11.2. The van der Waals surface area contributed by atoms with Crippen molar-refractivity contribution in [2.45, 2.75) is 90.4 Å². The summed E-state index contributed by atoms with van der Waals surface area (Å²) in [5.74, 6) is 3.36. The van der Waals surface area contributed by atoms with E-state index in [1.165, 1.54) is 32.1 Å². The first-order chi connectivity index (χ1) is 12.3. The number of fused-ring (bicyclic) bond motifs is 5. The predicted octanol–water partition coefficient (Wildman–Crippen LogP) is 4.88. The van der Waals surface area contributed by atoms with Crippen molar-refractivity contribution >= 4 is 12.9 Å². The third kappa shape index (κ3) is 2.73. The summed E-state index contributed by atoms with van der Waals surface area (Å²) in [6.45, 7) is 7.02. The molecule has 3 nitrogen and oxygen atoms in total. The highest BCUT2D eigenvalue weighted by Gasteiger charge is 2.63. The van der Waals surface area contributed by atoms with Gasteiger partial charge in [-0.2, -0.15) is 0 Å². The average molecular weight is 383 g/mol. The number of aliphatic hydroxyl groups excluding tert-OH is 1. The summed E-state index contributed by atoms with van der Waals surface area (Å²) in [6.07, 6.45) is 10.3. The molecule has 4 aliphatic rings. The van der Waals surface area contributed by atoms with E-state index in [-0.39, 0.29) is 11.5 Å². The van der Waals surface area contributed by atoms with E-state index in [2.05, 4.69) is 26.8 Å². The van der Waals surface area contributed by atoms with Crippen molar-refractivity contribution in [2.24, 2.45) is 40.4 Å². The Kier molecular flexibility index (Phi) is 5.21. The van der Waals surface area contributed by atoms with Crippen LogP contribution in [-0.4, -0.2) is 30.5 Å². The summed E-state index contributed by atoms with van der Waals surface area (Å²) >= 11 is 4.12. The third-order valence-electron chi connectivity index (χ3n) is 9.63. The van der Waals surface area contributed by atoms with Gasteiger partial charge < -0.3 is 14.0 Å². The summed E-state index contributed by atoms with van der Waals surface area (Å²) in [5, 5.41) is 10.4. The van der Waals surface area contributed by atoms with E-state index in [0.29, 0.717) is 29.5 Å². The Morgan fingerprint density at radius 2 is 1.85 bits per heavy atom. The van der Waals surface area contributed by atoms with Gasteiger partial charge in [0.2, 0.25) is 0 Å². The monoisotopic (exact) mass is 382 g/mol. The molecule has 0 bridgehead atoms. The maximum Gasteiger partial charge on any atom is 0.0722 e. The largest absolute Gasteiger partial charge is 0.393 e. The number of methoxy groups -OCH3 is 1. The molecule has 1 N–H and O–H groups in total. The lowest BCUT2D eigenvalue weighted by atomic mass is 9.43. The van der Waals surface area contributed by atoms with Gasteiger partial charge in [0.05, 0.1) is 18.3 Å². The van der Waals surface area contributed by atoms with Crippen molar-refractivity contribution in [1.82, 2.24) is 0 Å². The van der Waals surface area contributed by atoms with E-state index >= 15 is 0 Å². The minimum Gasteiger partial charge on any atom is -0.393 e. The Balaban J connectivity index is 1.66. The normalized spacial score (nSPS) is 54.9. The molecule has 4 aliphatic carbocycles. The molecule has 4 heteroatoms. The highest BCUT2D eigenvalue weighted by atomic mass is 32.1. The zero-order valence-electron chi connectivity index (χ0n) is 17.0. The van der Waals surface area contributed by atoms with Crippen molar-refractivity contribution in [2.75, 3.05) is 7.11 Å². The van der Waals surface area contributed by atoms with E-state index in [0.717, 1.165) is 37.0 Å². The van der Waals surface area contributed by atoms with Gasteiger partial charge in [0.1, 0.15) is 0 Å². The summed E-state index contributed by atoms with van der Waals surface area (Å²) in [4.78, 5) is 0. The Labute approximate surface area is 165 Å². The van der Waals surface area contributed by atoms with Crippen LogP contribution >= 0.6 is 12.9 Å². The van der Waals surface area contributed by atoms with Crippen LogP contribution in [-0.2, 0) is 8.92 Å². The Morgan fingerprint density at radius 3 is 2.50 bits per heavy atom. The van der Waals surface area contributed by atoms with Gasteiger partial charge in [0, 0.05) is 7.11 Å². The van der Waals surface area contributed by atoms with Gasteiger partial charge in [-0.25, -0.2) is 0 Å². The number of hydrogen-bond donors (Lipinski definition) is 2. The molecule has 4 saturated carbocycles. The SMILES string of the molecule is CO[C@H]1C[C@]2(C)[C@@H](C(C)O)CC[C@H]2[C@@H]2CC[C@H]3C[C@H](OS)CC[C@]3(C)[C@H]21. The van der Waals surface area contributed by atoms with Gasteiger partial charge in [0.25, 0.3) is 0 Å². The van der Waals surface area contributed by atoms with Gasteiger partial charge in [0.15, 0.2) is 0 Å². The van der Waals surface area contributed by atoms with Crippen LogP contribution in [0.5, 0.6) is 0 Å². The van der Waals surface area contributed by atoms with Crippen LogP contribution in [0.3, 0.4) is 0 Å². The topological polar surface area (TPSA) is 38.7 Å². The van der Waals surface area contributed by atoms with Gasteiger partial charge in [-0.1, -0.05) is 13.8 Å². The lowest BCUT2D eigenvalue weighted by Crippen LogP contribution is -2.60. The lowest BCUT2D eigenvalue weighted by molar-refractivity contribution is -0.187. The molecular formula is C22H38O3S. The maximum atomic E-state index is 10.4. The molecule has 4 fully saturated rings. The van der Waals surface area contributed by atoms with Gasteiger partial charge in [-0.3, -0.25) is 0 Å². The first-order valence-electron chi connectivity index (χ1n) is 10.9. The second-order valence-electron chi connectivity index (χ2n) is 10.5. The number of rotatable bonds is 3. The molecule has 0 aliphatic heterocycles. The Bertz CT molecular complexity index is 526. The smallest absolute Gasteiger partial charge is 0.0722 e. The minimum atomic E-state index is -0.200. The lowest BCUT2D eigenvalue weighted by Gasteiger charge is -2.63. The van der Waals surface area contributed by atoms with E-state index in [9.17, 15) is 5.11 Å². The van der Waals surface area contributed by atoms with Crippen molar-refractivity contribution in [3.63, 3.8) is 0 Å². The Hall–Kier alpha value is 0.230. The molecule has 0 aromatic heterocycles. The van der Waals surface area contributed by atoms with Crippen molar-refractivity contribution < 1.29 is 14.0 Å². The fourth-order valence-electron chi connectivity index (χ4n) is 8.46. The zero-order valence-corrected chi connectivity index (χ0v) is 17.9. The predicted molar refractivity (Wildman–Crippen MR) is 107 cm³/mol. The van der Waals surface area contributed by atoms with Gasteiger partial charge in [-0.05, 0) is 112 Å². The highest BCUT2D eigenvalue weighted by molar-refractivity contribution is 7.75. The van der Waals surface area contributed by atoms with Crippen LogP contribution in [0, 0.1) is 40.4 Å². The van der Waals surface area contributed by atoms with E-state index in [4.69, 9.17) is 8.92 Å². The molecule has 0 radical (unpaired) electrons. The fourth-order valence-corrected chi connectivity index (χ4v) is 8.65. The molecule has 0 aromatic carbocycles. The van der Waals surface area contributed by atoms with E-state index in [1.807, 2.05) is 14.0 Å². The molecule has 0 amide bonds. The summed E-state index contributed by atoms with van der Waals surface area (Å²) in [5.41, 5.74) is 0.612. The summed E-state index contributed by atoms with van der Waals surface area (Å²) in [7, 11) is 1.92. The van der Waals surface area contributed by atoms with Crippen molar-refractivity contribution in [1.29, 1.82) is 0 Å². The Morgan fingerprint density at radius 1 is 1.08 bits per heavy atom. The molecule has 0 saturated heterocycles. The first kappa shape index (κ1) is 19.5. The molecule has 4 rings (SSSR count). The molecule has 0 heterocycles. The molecule has 10 atom stereocenters. The van der Waals surface area contributed by atoms with Crippen LogP contribution in [0.4, 0.5) is 0 Å². The highest BCUT2D eigenvalue weighted by Crippen LogP contribution is 2.68. The van der Waals surface area contributed by atoms with Crippen LogP contribution in [0.15, 0.2) is 0 Å². The zero-order chi connectivity index (χ0) is 18.7. The molecule has 1 unspecified atom stereocenters. The molecule has 26 heavy (non-hydrogen) atoms. The van der Waals surface area contributed by atoms with Crippen LogP contribution < -0.4 is 0 Å².